The Bertz CT molecular complexity index is 891. The average molecular weight is 571 g/mol. The van der Waals surface area contributed by atoms with Crippen molar-refractivity contribution < 1.29 is 9.59 Å². The van der Waals surface area contributed by atoms with Gasteiger partial charge in [0.1, 0.15) is 5.78 Å². The quantitative estimate of drug-likeness (QED) is 0.152. The first-order valence-electron chi connectivity index (χ1n) is 17.2. The summed E-state index contributed by atoms with van der Waals surface area (Å²) < 4.78 is 0. The predicted octanol–water partition coefficient (Wildman–Crippen LogP) is 5.61. The van der Waals surface area contributed by atoms with E-state index in [0.717, 1.165) is 45.4 Å². The molecule has 0 aliphatic heterocycles. The first-order chi connectivity index (χ1) is 19.6. The van der Waals surface area contributed by atoms with E-state index in [2.05, 4.69) is 42.5 Å². The molecule has 41 heavy (non-hydrogen) atoms. The van der Waals surface area contributed by atoms with E-state index in [1.54, 1.807) is 0 Å². The largest absolute Gasteiger partial charge is 0.354 e. The summed E-state index contributed by atoms with van der Waals surface area (Å²) in [5.74, 6) is 3.43. The van der Waals surface area contributed by atoms with E-state index in [1.165, 1.54) is 57.8 Å². The minimum absolute atomic E-state index is 0.150. The first-order valence-corrected chi connectivity index (χ1v) is 17.2. The third-order valence-electron chi connectivity index (χ3n) is 12.3. The molecule has 0 bridgehead atoms. The van der Waals surface area contributed by atoms with E-state index >= 15 is 0 Å². The molecule has 5 N–H and O–H groups in total. The Morgan fingerprint density at radius 2 is 1.73 bits per heavy atom. The fourth-order valence-electron chi connectivity index (χ4n) is 10.1. The second-order valence-electron chi connectivity index (χ2n) is 15.0. The minimum atomic E-state index is 0.150. The van der Waals surface area contributed by atoms with Gasteiger partial charge in [0.2, 0.25) is 5.91 Å². The van der Waals surface area contributed by atoms with Gasteiger partial charge >= 0.3 is 0 Å². The number of hydrogen-bond acceptors (Lipinski definition) is 5. The van der Waals surface area contributed by atoms with Gasteiger partial charge in [-0.25, -0.2) is 0 Å². The summed E-state index contributed by atoms with van der Waals surface area (Å²) in [5, 5.41) is 10.4. The van der Waals surface area contributed by atoms with Crippen LogP contribution in [0.2, 0.25) is 0 Å². The van der Waals surface area contributed by atoms with Crippen LogP contribution >= 0.6 is 0 Å². The number of ketones is 1. The predicted molar refractivity (Wildman–Crippen MR) is 169 cm³/mol. The fourth-order valence-corrected chi connectivity index (χ4v) is 10.1. The van der Waals surface area contributed by atoms with Gasteiger partial charge in [-0.15, -0.1) is 6.58 Å². The third kappa shape index (κ3) is 7.29. The number of nitrogens with one attached hydrogen (secondary N) is 3. The van der Waals surface area contributed by atoms with Gasteiger partial charge in [0, 0.05) is 30.8 Å². The second kappa shape index (κ2) is 14.5. The molecule has 234 valence electrons. The number of nitrogens with two attached hydrogens (primary N) is 1. The van der Waals surface area contributed by atoms with Gasteiger partial charge < -0.3 is 21.7 Å². The summed E-state index contributed by atoms with van der Waals surface area (Å²) in [7, 11) is 0. The standard InChI is InChI=1S/C35H62N4O2/c1-6-25(10-13-32(41)39-24(2)3)28-11-12-29-33-30(15-17-35(28,29)5)34(4)16-14-27(22-26(34)23-31(33)40)38-21-8-7-19-37-20-9-18-36/h6,24-30,33,37-38H,1,7-23,36H2,2-5H3,(H,39,41)/t25-,26?,27+,28-,29?,30?,33?,34?,35-/m1/s1. The maximum atomic E-state index is 14.0. The Balaban J connectivity index is 1.33. The number of allylic oxidation sites excluding steroid dienone is 1. The van der Waals surface area contributed by atoms with Crippen LogP contribution in [0.5, 0.6) is 0 Å². The molecule has 0 heterocycles. The molecule has 0 aromatic heterocycles. The molecule has 4 fully saturated rings. The van der Waals surface area contributed by atoms with Crippen molar-refractivity contribution in [1.82, 2.24) is 16.0 Å². The Morgan fingerprint density at radius 1 is 1.02 bits per heavy atom. The molecule has 0 saturated heterocycles. The summed E-state index contributed by atoms with van der Waals surface area (Å²) >= 11 is 0. The van der Waals surface area contributed by atoms with Crippen LogP contribution in [0.15, 0.2) is 12.7 Å². The smallest absolute Gasteiger partial charge is 0.220 e. The highest BCUT2D eigenvalue weighted by atomic mass is 16.1. The maximum Gasteiger partial charge on any atom is 0.220 e. The zero-order valence-corrected chi connectivity index (χ0v) is 26.8. The Hall–Kier alpha value is -1.24. The van der Waals surface area contributed by atoms with Crippen molar-refractivity contribution in [3.05, 3.63) is 12.7 Å². The average Bonchev–Trinajstić information content (AvgIpc) is 3.28. The topological polar surface area (TPSA) is 96.2 Å². The van der Waals surface area contributed by atoms with Gasteiger partial charge in [-0.05, 0) is 151 Å². The van der Waals surface area contributed by atoms with Crippen LogP contribution < -0.4 is 21.7 Å². The number of unbranched alkanes of at least 4 members (excludes halogenated alkanes) is 1. The van der Waals surface area contributed by atoms with Crippen LogP contribution in [0.1, 0.15) is 111 Å². The number of amides is 1. The summed E-state index contributed by atoms with van der Waals surface area (Å²) in [6.45, 7) is 17.2. The number of carbonyl (C=O) groups excluding carboxylic acids is 2. The molecular weight excluding hydrogens is 508 g/mol. The molecule has 1 amide bonds. The minimum Gasteiger partial charge on any atom is -0.354 e. The lowest BCUT2D eigenvalue weighted by Gasteiger charge is -2.60. The normalized spacial score (nSPS) is 37.3. The van der Waals surface area contributed by atoms with Gasteiger partial charge in [-0.2, -0.15) is 0 Å². The molecule has 4 rings (SSSR count). The highest BCUT2D eigenvalue weighted by Gasteiger charge is 2.63. The Morgan fingerprint density at radius 3 is 2.46 bits per heavy atom. The lowest BCUT2D eigenvalue weighted by atomic mass is 9.44. The molecule has 4 saturated carbocycles. The van der Waals surface area contributed by atoms with Crippen molar-refractivity contribution in [2.45, 2.75) is 123 Å². The van der Waals surface area contributed by atoms with E-state index in [0.29, 0.717) is 53.3 Å². The lowest BCUT2D eigenvalue weighted by Crippen LogP contribution is -2.58. The molecule has 4 aliphatic rings. The summed E-state index contributed by atoms with van der Waals surface area (Å²) in [6, 6.07) is 0.745. The molecule has 9 atom stereocenters. The number of rotatable bonds is 15. The van der Waals surface area contributed by atoms with Gasteiger partial charge in [0.05, 0.1) is 0 Å². The SMILES string of the molecule is C=C[C@H](CCC(=O)NC(C)C)[C@H]1CCC2C3C(=O)CC4C[C@@H](NCCCCNCCCN)CCC4(C)C3CC[C@@]21C. The van der Waals surface area contributed by atoms with E-state index < -0.39 is 0 Å². The van der Waals surface area contributed by atoms with Crippen molar-refractivity contribution >= 4 is 11.7 Å². The molecule has 4 aliphatic carbocycles. The number of carbonyl (C=O) groups is 2. The van der Waals surface area contributed by atoms with Gasteiger partial charge in [0.25, 0.3) is 0 Å². The van der Waals surface area contributed by atoms with Gasteiger partial charge in [0.15, 0.2) is 0 Å². The van der Waals surface area contributed by atoms with Crippen molar-refractivity contribution in [1.29, 1.82) is 0 Å². The third-order valence-corrected chi connectivity index (χ3v) is 12.3. The van der Waals surface area contributed by atoms with Crippen LogP contribution in [0.25, 0.3) is 0 Å². The second-order valence-corrected chi connectivity index (χ2v) is 15.0. The zero-order valence-electron chi connectivity index (χ0n) is 26.8. The summed E-state index contributed by atoms with van der Waals surface area (Å²) in [4.78, 5) is 26.4. The van der Waals surface area contributed by atoms with Gasteiger partial charge in [-0.3, -0.25) is 9.59 Å². The molecular formula is C35H62N4O2. The fraction of sp³-hybridized carbons (Fsp3) is 0.886. The monoisotopic (exact) mass is 570 g/mol. The van der Waals surface area contributed by atoms with Crippen LogP contribution in [-0.4, -0.2) is 50.0 Å². The summed E-state index contributed by atoms with van der Waals surface area (Å²) in [5.41, 5.74) is 6.06. The van der Waals surface area contributed by atoms with Crippen molar-refractivity contribution in [2.24, 2.45) is 52.1 Å². The lowest BCUT2D eigenvalue weighted by molar-refractivity contribution is -0.157. The van der Waals surface area contributed by atoms with Crippen LogP contribution in [0.4, 0.5) is 0 Å². The van der Waals surface area contributed by atoms with E-state index in [1.807, 2.05) is 13.8 Å². The molecule has 0 aromatic carbocycles. The van der Waals surface area contributed by atoms with E-state index in [-0.39, 0.29) is 23.3 Å². The number of hydrogen-bond donors (Lipinski definition) is 4. The van der Waals surface area contributed by atoms with E-state index in [4.69, 9.17) is 5.73 Å². The van der Waals surface area contributed by atoms with Crippen LogP contribution in [-0.2, 0) is 9.59 Å². The highest BCUT2D eigenvalue weighted by Crippen LogP contribution is 2.67. The van der Waals surface area contributed by atoms with Crippen molar-refractivity contribution in [2.75, 3.05) is 26.2 Å². The zero-order chi connectivity index (χ0) is 29.6. The van der Waals surface area contributed by atoms with Crippen molar-refractivity contribution in [3.63, 3.8) is 0 Å². The summed E-state index contributed by atoms with van der Waals surface area (Å²) in [6.07, 6.45) is 16.3. The Kier molecular flexibility index (Phi) is 11.5. The molecule has 5 unspecified atom stereocenters. The molecule has 0 radical (unpaired) electrons. The molecule has 0 spiro atoms. The maximum absolute atomic E-state index is 14.0. The van der Waals surface area contributed by atoms with Crippen LogP contribution in [0.3, 0.4) is 0 Å². The number of fused-ring (bicyclic) bond motifs is 5. The van der Waals surface area contributed by atoms with Crippen molar-refractivity contribution in [3.8, 4) is 0 Å². The first kappa shape index (κ1) is 32.7. The number of Topliss-reactive ketones (excluding diaryl/α,β-unsaturated/α-hetero) is 1. The van der Waals surface area contributed by atoms with E-state index in [9.17, 15) is 9.59 Å². The molecule has 0 aromatic rings. The highest BCUT2D eigenvalue weighted by molar-refractivity contribution is 5.83. The van der Waals surface area contributed by atoms with Crippen LogP contribution in [0, 0.1) is 46.3 Å². The molecule has 6 heteroatoms. The van der Waals surface area contributed by atoms with Gasteiger partial charge in [-0.1, -0.05) is 19.9 Å². The Labute approximate surface area is 251 Å². The molecule has 6 nitrogen and oxygen atoms in total.